The zero-order chi connectivity index (χ0) is 14.1. The molecule has 104 valence electrons. The second-order valence-electron chi connectivity index (χ2n) is 4.23. The number of hydrogen-bond donors (Lipinski definition) is 2. The van der Waals surface area contributed by atoms with Crippen LogP contribution >= 0.6 is 0 Å². The Labute approximate surface area is 112 Å². The van der Waals surface area contributed by atoms with Gasteiger partial charge in [-0.2, -0.15) is 0 Å². The SMILES string of the molecule is CCCC(CNC(=O)COc1ccccc1)C(=O)O. The van der Waals surface area contributed by atoms with E-state index in [1.165, 1.54) is 0 Å². The second-order valence-corrected chi connectivity index (χ2v) is 4.23. The molecule has 1 aromatic carbocycles. The Balaban J connectivity index is 2.29. The third-order valence-corrected chi connectivity index (χ3v) is 2.65. The maximum Gasteiger partial charge on any atom is 0.308 e. The van der Waals surface area contributed by atoms with E-state index in [-0.39, 0.29) is 19.1 Å². The third kappa shape index (κ3) is 5.90. The van der Waals surface area contributed by atoms with Crippen LogP contribution in [0, 0.1) is 5.92 Å². The van der Waals surface area contributed by atoms with Gasteiger partial charge in [-0.25, -0.2) is 0 Å². The van der Waals surface area contributed by atoms with E-state index in [1.54, 1.807) is 12.1 Å². The average molecular weight is 265 g/mol. The smallest absolute Gasteiger partial charge is 0.308 e. The summed E-state index contributed by atoms with van der Waals surface area (Å²) in [6, 6.07) is 8.99. The van der Waals surface area contributed by atoms with Gasteiger partial charge in [-0.15, -0.1) is 0 Å². The minimum absolute atomic E-state index is 0.109. The summed E-state index contributed by atoms with van der Waals surface area (Å²) < 4.78 is 5.26. The number of carboxylic acids is 1. The number of aliphatic carboxylic acids is 1. The van der Waals surface area contributed by atoms with Crippen LogP contribution in [0.4, 0.5) is 0 Å². The lowest BCUT2D eigenvalue weighted by Crippen LogP contribution is -2.35. The summed E-state index contributed by atoms with van der Waals surface area (Å²) in [5.41, 5.74) is 0. The molecule has 0 aliphatic heterocycles. The number of carbonyl (C=O) groups excluding carboxylic acids is 1. The highest BCUT2D eigenvalue weighted by molar-refractivity contribution is 5.78. The van der Waals surface area contributed by atoms with Crippen molar-refractivity contribution in [1.82, 2.24) is 5.32 Å². The van der Waals surface area contributed by atoms with Crippen LogP contribution in [0.5, 0.6) is 5.75 Å². The maximum atomic E-state index is 11.5. The van der Waals surface area contributed by atoms with Gasteiger partial charge < -0.3 is 15.2 Å². The first-order chi connectivity index (χ1) is 9.13. The fraction of sp³-hybridized carbons (Fsp3) is 0.429. The molecule has 5 heteroatoms. The molecule has 1 amide bonds. The van der Waals surface area contributed by atoms with Crippen molar-refractivity contribution >= 4 is 11.9 Å². The Morgan fingerprint density at radius 1 is 1.32 bits per heavy atom. The average Bonchev–Trinajstić information content (AvgIpc) is 2.42. The third-order valence-electron chi connectivity index (χ3n) is 2.65. The summed E-state index contributed by atoms with van der Waals surface area (Å²) >= 11 is 0. The van der Waals surface area contributed by atoms with Gasteiger partial charge in [-0.05, 0) is 18.6 Å². The van der Waals surface area contributed by atoms with E-state index in [9.17, 15) is 9.59 Å². The predicted molar refractivity (Wildman–Crippen MR) is 71.0 cm³/mol. The lowest BCUT2D eigenvalue weighted by atomic mass is 10.0. The Hall–Kier alpha value is -2.04. The Kier molecular flexibility index (Phi) is 6.43. The topological polar surface area (TPSA) is 75.6 Å². The fourth-order valence-corrected chi connectivity index (χ4v) is 1.61. The minimum atomic E-state index is -0.883. The van der Waals surface area contributed by atoms with Crippen molar-refractivity contribution in [2.45, 2.75) is 19.8 Å². The molecule has 19 heavy (non-hydrogen) atoms. The van der Waals surface area contributed by atoms with E-state index < -0.39 is 11.9 Å². The quantitative estimate of drug-likeness (QED) is 0.750. The molecule has 0 bridgehead atoms. The lowest BCUT2D eigenvalue weighted by molar-refractivity contribution is -0.142. The monoisotopic (exact) mass is 265 g/mol. The van der Waals surface area contributed by atoms with Crippen LogP contribution in [0.3, 0.4) is 0 Å². The molecule has 2 N–H and O–H groups in total. The van der Waals surface area contributed by atoms with Gasteiger partial charge in [0.2, 0.25) is 0 Å². The Bertz CT molecular complexity index is 405. The molecule has 1 atom stereocenters. The molecule has 1 unspecified atom stereocenters. The summed E-state index contributed by atoms with van der Waals surface area (Å²) in [5.74, 6) is -1.12. The highest BCUT2D eigenvalue weighted by Crippen LogP contribution is 2.08. The van der Waals surface area contributed by atoms with E-state index in [0.717, 1.165) is 6.42 Å². The van der Waals surface area contributed by atoms with Crippen LogP contribution in [0.2, 0.25) is 0 Å². The molecule has 1 aromatic rings. The summed E-state index contributed by atoms with van der Waals surface area (Å²) in [6.45, 7) is 1.94. The lowest BCUT2D eigenvalue weighted by Gasteiger charge is -2.12. The van der Waals surface area contributed by atoms with Gasteiger partial charge in [0.15, 0.2) is 6.61 Å². The van der Waals surface area contributed by atoms with Crippen molar-refractivity contribution in [3.05, 3.63) is 30.3 Å². The first-order valence-electron chi connectivity index (χ1n) is 6.30. The van der Waals surface area contributed by atoms with E-state index in [1.807, 2.05) is 25.1 Å². The molecule has 0 saturated heterocycles. The van der Waals surface area contributed by atoms with Gasteiger partial charge >= 0.3 is 5.97 Å². The van der Waals surface area contributed by atoms with Crippen LogP contribution in [0.1, 0.15) is 19.8 Å². The molecular formula is C14H19NO4. The standard InChI is InChI=1S/C14H19NO4/c1-2-6-11(14(17)18)9-15-13(16)10-19-12-7-4-3-5-8-12/h3-5,7-8,11H,2,6,9-10H2,1H3,(H,15,16)(H,17,18). The summed E-state index contributed by atoms with van der Waals surface area (Å²) in [7, 11) is 0. The molecule has 0 fully saturated rings. The zero-order valence-electron chi connectivity index (χ0n) is 11.0. The van der Waals surface area contributed by atoms with Crippen molar-refractivity contribution in [1.29, 1.82) is 0 Å². The van der Waals surface area contributed by atoms with Crippen molar-refractivity contribution in [3.63, 3.8) is 0 Å². The number of para-hydroxylation sites is 1. The maximum absolute atomic E-state index is 11.5. The van der Waals surface area contributed by atoms with E-state index in [4.69, 9.17) is 9.84 Å². The number of benzene rings is 1. The number of ether oxygens (including phenoxy) is 1. The minimum Gasteiger partial charge on any atom is -0.484 e. The van der Waals surface area contributed by atoms with Crippen LogP contribution in [-0.2, 0) is 9.59 Å². The van der Waals surface area contributed by atoms with Crippen molar-refractivity contribution in [2.75, 3.05) is 13.2 Å². The molecule has 0 radical (unpaired) electrons. The normalized spacial score (nSPS) is 11.6. The summed E-state index contributed by atoms with van der Waals surface area (Å²) in [5, 5.41) is 11.5. The molecule has 0 aliphatic rings. The molecule has 0 heterocycles. The van der Waals surface area contributed by atoms with Crippen LogP contribution < -0.4 is 10.1 Å². The largest absolute Gasteiger partial charge is 0.484 e. The number of carboxylic acid groups (broad SMARTS) is 1. The van der Waals surface area contributed by atoms with Gasteiger partial charge in [0, 0.05) is 6.54 Å². The molecule has 0 aromatic heterocycles. The van der Waals surface area contributed by atoms with Gasteiger partial charge in [0.05, 0.1) is 5.92 Å². The number of nitrogens with one attached hydrogen (secondary N) is 1. The molecule has 0 saturated carbocycles. The van der Waals surface area contributed by atoms with Gasteiger partial charge in [-0.3, -0.25) is 9.59 Å². The number of rotatable bonds is 8. The highest BCUT2D eigenvalue weighted by atomic mass is 16.5. The number of hydrogen-bond acceptors (Lipinski definition) is 3. The van der Waals surface area contributed by atoms with Crippen LogP contribution in [0.25, 0.3) is 0 Å². The second kappa shape index (κ2) is 8.13. The number of amides is 1. The van der Waals surface area contributed by atoms with E-state index >= 15 is 0 Å². The van der Waals surface area contributed by atoms with Crippen molar-refractivity contribution < 1.29 is 19.4 Å². The molecule has 0 spiro atoms. The molecule has 1 rings (SSSR count). The predicted octanol–water partition coefficient (Wildman–Crippen LogP) is 1.68. The number of carbonyl (C=O) groups is 2. The molecule has 0 aliphatic carbocycles. The van der Waals surface area contributed by atoms with Gasteiger partial charge in [0.1, 0.15) is 5.75 Å². The Morgan fingerprint density at radius 2 is 2.00 bits per heavy atom. The van der Waals surface area contributed by atoms with E-state index in [0.29, 0.717) is 12.2 Å². The highest BCUT2D eigenvalue weighted by Gasteiger charge is 2.17. The van der Waals surface area contributed by atoms with E-state index in [2.05, 4.69) is 5.32 Å². The van der Waals surface area contributed by atoms with Crippen molar-refractivity contribution in [3.8, 4) is 5.75 Å². The van der Waals surface area contributed by atoms with Gasteiger partial charge in [0.25, 0.3) is 5.91 Å². The first kappa shape index (κ1) is 15.0. The Morgan fingerprint density at radius 3 is 2.58 bits per heavy atom. The van der Waals surface area contributed by atoms with Crippen LogP contribution in [-0.4, -0.2) is 30.1 Å². The van der Waals surface area contributed by atoms with Gasteiger partial charge in [-0.1, -0.05) is 31.5 Å². The summed E-state index contributed by atoms with van der Waals surface area (Å²) in [4.78, 5) is 22.4. The first-order valence-corrected chi connectivity index (χ1v) is 6.30. The summed E-state index contributed by atoms with van der Waals surface area (Å²) in [6.07, 6.45) is 1.32. The molecular weight excluding hydrogens is 246 g/mol. The van der Waals surface area contributed by atoms with Crippen molar-refractivity contribution in [2.24, 2.45) is 5.92 Å². The molecule has 5 nitrogen and oxygen atoms in total. The zero-order valence-corrected chi connectivity index (χ0v) is 11.0. The van der Waals surface area contributed by atoms with Crippen LogP contribution in [0.15, 0.2) is 30.3 Å². The fourth-order valence-electron chi connectivity index (χ4n) is 1.61.